The summed E-state index contributed by atoms with van der Waals surface area (Å²) >= 11 is 2.42. The zero-order chi connectivity index (χ0) is 22.8. The zero-order valence-electron chi connectivity index (χ0n) is 17.5. The highest BCUT2D eigenvalue weighted by atomic mass is 32.2. The molecule has 1 aliphatic heterocycles. The molecule has 1 fully saturated rings. The number of amides is 2. The van der Waals surface area contributed by atoms with Gasteiger partial charge < -0.3 is 5.32 Å². The number of aryl methyl sites for hydroxylation is 2. The maximum Gasteiger partial charge on any atom is 0.264 e. The Morgan fingerprint density at radius 2 is 1.88 bits per heavy atom. The average Bonchev–Trinajstić information content (AvgIpc) is 3.33. The summed E-state index contributed by atoms with van der Waals surface area (Å²) in [6, 6.07) is 11.9. The fourth-order valence-electron chi connectivity index (χ4n) is 3.18. The van der Waals surface area contributed by atoms with Crippen LogP contribution in [0.15, 0.2) is 57.7 Å². The molecule has 2 aromatic carbocycles. The Hall–Kier alpha value is -3.30. The third kappa shape index (κ3) is 4.49. The standard InChI is InChI=1S/C23H19FN4O2S2/c1-13-7-6-8-14(2)20(13)26-22-27-21(30)19(32-22)11-16-12-31-23(25-16)28(15(3)29)18-10-5-4-9-17(18)24/h4-12H,1-3H3,(H,26,27,30)/b19-11-. The van der Waals surface area contributed by atoms with Crippen molar-refractivity contribution in [1.82, 2.24) is 10.3 Å². The topological polar surface area (TPSA) is 74.7 Å². The lowest BCUT2D eigenvalue weighted by atomic mass is 10.1. The Kier molecular flexibility index (Phi) is 6.20. The molecule has 3 aromatic rings. The molecule has 2 amide bonds. The minimum absolute atomic E-state index is 0.129. The molecule has 1 saturated heterocycles. The van der Waals surface area contributed by atoms with E-state index in [1.165, 1.54) is 47.1 Å². The highest BCUT2D eigenvalue weighted by Gasteiger charge is 2.25. The molecule has 9 heteroatoms. The number of nitrogens with one attached hydrogen (secondary N) is 1. The van der Waals surface area contributed by atoms with Gasteiger partial charge in [-0.3, -0.25) is 14.5 Å². The first-order chi connectivity index (χ1) is 15.3. The summed E-state index contributed by atoms with van der Waals surface area (Å²) in [7, 11) is 0. The van der Waals surface area contributed by atoms with E-state index in [1.807, 2.05) is 32.0 Å². The van der Waals surface area contributed by atoms with Gasteiger partial charge in [-0.2, -0.15) is 0 Å². The lowest BCUT2D eigenvalue weighted by molar-refractivity contribution is -0.116. The first kappa shape index (κ1) is 21.9. The number of halogens is 1. The molecule has 0 saturated carbocycles. The third-order valence-corrected chi connectivity index (χ3v) is 6.45. The number of anilines is 2. The Morgan fingerprint density at radius 3 is 2.56 bits per heavy atom. The van der Waals surface area contributed by atoms with Crippen LogP contribution in [0.1, 0.15) is 23.7 Å². The smallest absolute Gasteiger partial charge is 0.264 e. The van der Waals surface area contributed by atoms with Crippen LogP contribution in [0.2, 0.25) is 0 Å². The van der Waals surface area contributed by atoms with Gasteiger partial charge >= 0.3 is 0 Å². The van der Waals surface area contributed by atoms with Crippen molar-refractivity contribution in [3.05, 3.63) is 75.4 Å². The van der Waals surface area contributed by atoms with Crippen molar-refractivity contribution in [2.75, 3.05) is 4.90 Å². The molecule has 0 unspecified atom stereocenters. The van der Waals surface area contributed by atoms with Gasteiger partial charge in [0, 0.05) is 12.3 Å². The predicted octanol–water partition coefficient (Wildman–Crippen LogP) is 5.48. The Bertz CT molecular complexity index is 1260. The fourth-order valence-corrected chi connectivity index (χ4v) is 4.83. The van der Waals surface area contributed by atoms with Gasteiger partial charge in [-0.1, -0.05) is 30.3 Å². The molecule has 4 rings (SSSR count). The van der Waals surface area contributed by atoms with Crippen molar-refractivity contribution in [3.63, 3.8) is 0 Å². The average molecular weight is 467 g/mol. The van der Waals surface area contributed by atoms with Crippen LogP contribution in [0.4, 0.5) is 20.9 Å². The molecule has 162 valence electrons. The molecule has 1 aliphatic rings. The summed E-state index contributed by atoms with van der Waals surface area (Å²) in [6.45, 7) is 5.29. The monoisotopic (exact) mass is 466 g/mol. The number of para-hydroxylation sites is 2. The molecule has 2 heterocycles. The number of hydrogen-bond donors (Lipinski definition) is 1. The van der Waals surface area contributed by atoms with Gasteiger partial charge in [0.2, 0.25) is 5.91 Å². The van der Waals surface area contributed by atoms with Crippen molar-refractivity contribution in [3.8, 4) is 0 Å². The summed E-state index contributed by atoms with van der Waals surface area (Å²) in [4.78, 5) is 35.3. The van der Waals surface area contributed by atoms with Crippen LogP contribution >= 0.6 is 23.1 Å². The van der Waals surface area contributed by atoms with Crippen molar-refractivity contribution >= 4 is 62.7 Å². The summed E-state index contributed by atoms with van der Waals surface area (Å²) in [5.74, 6) is -1.15. The molecule has 6 nitrogen and oxygen atoms in total. The van der Waals surface area contributed by atoms with Crippen LogP contribution in [0, 0.1) is 19.7 Å². The van der Waals surface area contributed by atoms with E-state index in [2.05, 4.69) is 15.3 Å². The SMILES string of the molecule is CC(=O)N(c1nc(/C=C2\SC(=Nc3c(C)cccc3C)NC2=O)cs1)c1ccccc1F. The maximum absolute atomic E-state index is 14.3. The lowest BCUT2D eigenvalue weighted by Gasteiger charge is -2.18. The van der Waals surface area contributed by atoms with Gasteiger partial charge in [-0.05, 0) is 54.9 Å². The van der Waals surface area contributed by atoms with Crippen molar-refractivity contribution in [2.24, 2.45) is 4.99 Å². The largest absolute Gasteiger partial charge is 0.300 e. The molecule has 1 aromatic heterocycles. The fraction of sp³-hybridized carbons (Fsp3) is 0.130. The molecule has 1 N–H and O–H groups in total. The molecule has 0 aliphatic carbocycles. The maximum atomic E-state index is 14.3. The van der Waals surface area contributed by atoms with Gasteiger partial charge in [-0.25, -0.2) is 14.4 Å². The second-order valence-corrected chi connectivity index (χ2v) is 8.95. The molecule has 0 atom stereocenters. The van der Waals surface area contributed by atoms with Crippen LogP contribution in [-0.4, -0.2) is 22.0 Å². The van der Waals surface area contributed by atoms with E-state index in [4.69, 9.17) is 0 Å². The minimum Gasteiger partial charge on any atom is -0.300 e. The van der Waals surface area contributed by atoms with E-state index >= 15 is 0 Å². The van der Waals surface area contributed by atoms with E-state index in [0.717, 1.165) is 16.8 Å². The molecule has 0 radical (unpaired) electrons. The number of carbonyl (C=O) groups is 2. The van der Waals surface area contributed by atoms with Crippen molar-refractivity contribution in [1.29, 1.82) is 0 Å². The van der Waals surface area contributed by atoms with E-state index in [9.17, 15) is 14.0 Å². The third-order valence-electron chi connectivity index (χ3n) is 4.69. The van der Waals surface area contributed by atoms with Crippen molar-refractivity contribution in [2.45, 2.75) is 20.8 Å². The number of benzene rings is 2. The molecule has 0 bridgehead atoms. The van der Waals surface area contributed by atoms with E-state index in [0.29, 0.717) is 20.9 Å². The Balaban J connectivity index is 1.60. The Labute approximate surface area is 192 Å². The molecular formula is C23H19FN4O2S2. The number of aromatic nitrogens is 1. The number of nitrogens with zero attached hydrogens (tertiary/aromatic N) is 3. The van der Waals surface area contributed by atoms with Crippen molar-refractivity contribution < 1.29 is 14.0 Å². The zero-order valence-corrected chi connectivity index (χ0v) is 19.2. The predicted molar refractivity (Wildman–Crippen MR) is 128 cm³/mol. The number of rotatable bonds is 4. The molecule has 0 spiro atoms. The van der Waals surface area contributed by atoms with Crippen LogP contribution in [0.5, 0.6) is 0 Å². The van der Waals surface area contributed by atoms with E-state index < -0.39 is 5.82 Å². The number of carbonyl (C=O) groups excluding carboxylic acids is 2. The Morgan fingerprint density at radius 1 is 1.16 bits per heavy atom. The normalized spacial score (nSPS) is 15.9. The van der Waals surface area contributed by atoms with Crippen LogP contribution in [0.25, 0.3) is 6.08 Å². The van der Waals surface area contributed by atoms with Gasteiger partial charge in [-0.15, -0.1) is 11.3 Å². The van der Waals surface area contributed by atoms with Crippen LogP contribution in [-0.2, 0) is 9.59 Å². The second kappa shape index (κ2) is 9.05. The summed E-state index contributed by atoms with van der Waals surface area (Å²) < 4.78 is 14.3. The number of amidine groups is 1. The summed E-state index contributed by atoms with van der Waals surface area (Å²) in [5, 5.41) is 5.30. The minimum atomic E-state index is -0.518. The van der Waals surface area contributed by atoms with Gasteiger partial charge in [0.15, 0.2) is 10.3 Å². The number of thioether (sulfide) groups is 1. The number of aliphatic imine (C=N–C) groups is 1. The summed E-state index contributed by atoms with van der Waals surface area (Å²) in [6.07, 6.45) is 1.63. The molecule has 32 heavy (non-hydrogen) atoms. The second-order valence-electron chi connectivity index (χ2n) is 7.08. The quantitative estimate of drug-likeness (QED) is 0.517. The van der Waals surface area contributed by atoms with Gasteiger partial charge in [0.1, 0.15) is 5.82 Å². The number of thiazole rings is 1. The first-order valence-electron chi connectivity index (χ1n) is 9.70. The van der Waals surface area contributed by atoms with Crippen LogP contribution < -0.4 is 10.2 Å². The highest BCUT2D eigenvalue weighted by Crippen LogP contribution is 2.34. The lowest BCUT2D eigenvalue weighted by Crippen LogP contribution is -2.23. The molecular weight excluding hydrogens is 447 g/mol. The van der Waals surface area contributed by atoms with E-state index in [1.54, 1.807) is 23.6 Å². The van der Waals surface area contributed by atoms with E-state index in [-0.39, 0.29) is 17.5 Å². The highest BCUT2D eigenvalue weighted by molar-refractivity contribution is 8.18. The number of hydrogen-bond acceptors (Lipinski definition) is 6. The first-order valence-corrected chi connectivity index (χ1v) is 11.4. The van der Waals surface area contributed by atoms with Crippen LogP contribution in [0.3, 0.4) is 0 Å². The van der Waals surface area contributed by atoms with Gasteiger partial charge in [0.05, 0.1) is 22.0 Å². The van der Waals surface area contributed by atoms with Gasteiger partial charge in [0.25, 0.3) is 5.91 Å². The summed E-state index contributed by atoms with van der Waals surface area (Å²) in [5.41, 5.74) is 3.50.